The molecule has 0 aliphatic heterocycles. The van der Waals surface area contributed by atoms with E-state index >= 15 is 0 Å². The summed E-state index contributed by atoms with van der Waals surface area (Å²) in [6.07, 6.45) is -6.67. The predicted molar refractivity (Wildman–Crippen MR) is 173 cm³/mol. The van der Waals surface area contributed by atoms with Crippen molar-refractivity contribution in [1.29, 1.82) is 0 Å². The number of sulfonamides is 1. The Bertz CT molecular complexity index is 1840. The molecule has 1 aliphatic carbocycles. The number of hydrogen-bond acceptors (Lipinski definition) is 8. The van der Waals surface area contributed by atoms with Crippen LogP contribution in [0.25, 0.3) is 10.9 Å². The van der Waals surface area contributed by atoms with Crippen LogP contribution in [0.3, 0.4) is 0 Å². The highest BCUT2D eigenvalue weighted by Crippen LogP contribution is 2.33. The minimum Gasteiger partial charge on any atom is -0.484 e. The van der Waals surface area contributed by atoms with Gasteiger partial charge in [0.1, 0.15) is 22.2 Å². The van der Waals surface area contributed by atoms with Crippen LogP contribution < -0.4 is 24.8 Å². The summed E-state index contributed by atoms with van der Waals surface area (Å²) in [4.78, 5) is 8.57. The average Bonchev–Trinajstić information content (AvgIpc) is 3.05. The van der Waals surface area contributed by atoms with E-state index in [1.165, 1.54) is 0 Å². The van der Waals surface area contributed by atoms with Crippen LogP contribution in [0.15, 0.2) is 71.6 Å². The van der Waals surface area contributed by atoms with Crippen molar-refractivity contribution in [3.63, 3.8) is 0 Å². The maximum atomic E-state index is 13.2. The molecule has 9 nitrogen and oxygen atoms in total. The van der Waals surface area contributed by atoms with Crippen LogP contribution in [0.1, 0.15) is 25.7 Å². The number of aromatic nitrogens is 2. The quantitative estimate of drug-likeness (QED) is 0.118. The second-order valence-corrected chi connectivity index (χ2v) is 13.8. The van der Waals surface area contributed by atoms with Gasteiger partial charge in [-0.05, 0) is 86.1 Å². The molecule has 0 amide bonds. The number of anilines is 3. The van der Waals surface area contributed by atoms with Crippen molar-refractivity contribution < 1.29 is 44.2 Å². The van der Waals surface area contributed by atoms with E-state index in [9.17, 15) is 34.8 Å². The Labute approximate surface area is 283 Å². The number of hydrogen-bond donors (Lipinski definition) is 3. The van der Waals surface area contributed by atoms with E-state index in [-0.39, 0.29) is 18.4 Å². The van der Waals surface area contributed by atoms with Gasteiger partial charge in [-0.2, -0.15) is 31.3 Å². The van der Waals surface area contributed by atoms with E-state index in [4.69, 9.17) is 11.6 Å². The summed E-state index contributed by atoms with van der Waals surface area (Å²) in [6.45, 7) is -2.96. The normalized spacial score (nSPS) is 17.1. The number of halogens is 7. The van der Waals surface area contributed by atoms with Gasteiger partial charge < -0.3 is 20.1 Å². The fourth-order valence-electron chi connectivity index (χ4n) is 5.33. The Morgan fingerprint density at radius 3 is 2.10 bits per heavy atom. The van der Waals surface area contributed by atoms with Crippen molar-refractivity contribution >= 4 is 50.0 Å². The number of rotatable bonds is 13. The van der Waals surface area contributed by atoms with Gasteiger partial charge in [0.05, 0.1) is 5.52 Å². The monoisotopic (exact) mass is 731 g/mol. The van der Waals surface area contributed by atoms with Crippen LogP contribution in [0.2, 0.25) is 5.02 Å². The third kappa shape index (κ3) is 10.7. The van der Waals surface area contributed by atoms with Gasteiger partial charge in [0.15, 0.2) is 13.2 Å². The summed E-state index contributed by atoms with van der Waals surface area (Å²) < 4.78 is 114. The van der Waals surface area contributed by atoms with Gasteiger partial charge in [-0.1, -0.05) is 23.7 Å². The molecule has 1 saturated carbocycles. The minimum absolute atomic E-state index is 0.0255. The third-order valence-electron chi connectivity index (χ3n) is 7.79. The maximum absolute atomic E-state index is 13.2. The molecule has 1 heterocycles. The lowest BCUT2D eigenvalue weighted by molar-refractivity contribution is -0.154. The first-order chi connectivity index (χ1) is 23.1. The van der Waals surface area contributed by atoms with E-state index in [0.717, 1.165) is 41.6 Å². The van der Waals surface area contributed by atoms with Crippen LogP contribution >= 0.6 is 11.6 Å². The van der Waals surface area contributed by atoms with E-state index in [1.807, 2.05) is 36.4 Å². The fourth-order valence-corrected chi connectivity index (χ4v) is 6.73. The fraction of sp³-hybridized carbons (Fsp3) is 0.375. The van der Waals surface area contributed by atoms with Crippen LogP contribution in [-0.4, -0.2) is 57.0 Å². The lowest BCUT2D eigenvalue weighted by Crippen LogP contribution is -2.33. The van der Waals surface area contributed by atoms with Gasteiger partial charge in [0, 0.05) is 35.3 Å². The van der Waals surface area contributed by atoms with Crippen LogP contribution in [0.5, 0.6) is 11.5 Å². The van der Waals surface area contributed by atoms with E-state index in [2.05, 4.69) is 34.8 Å². The highest BCUT2D eigenvalue weighted by atomic mass is 35.5. The highest BCUT2D eigenvalue weighted by molar-refractivity contribution is 7.89. The van der Waals surface area contributed by atoms with Crippen molar-refractivity contribution in [3.05, 3.63) is 71.8 Å². The Morgan fingerprint density at radius 1 is 0.796 bits per heavy atom. The summed E-state index contributed by atoms with van der Waals surface area (Å²) in [5, 5.41) is 8.08. The van der Waals surface area contributed by atoms with Crippen LogP contribution in [-0.2, 0) is 10.0 Å². The van der Waals surface area contributed by atoms with Gasteiger partial charge in [0.25, 0.3) is 0 Å². The summed E-state index contributed by atoms with van der Waals surface area (Å²) in [7, 11) is -4.49. The molecule has 3 aromatic carbocycles. The maximum Gasteiger partial charge on any atom is 0.422 e. The predicted octanol–water partition coefficient (Wildman–Crippen LogP) is 8.11. The highest BCUT2D eigenvalue weighted by Gasteiger charge is 2.32. The van der Waals surface area contributed by atoms with Crippen molar-refractivity contribution in [3.8, 4) is 11.5 Å². The molecule has 264 valence electrons. The number of fused-ring (bicyclic) bond motifs is 1. The molecule has 0 radical (unpaired) electrons. The lowest BCUT2D eigenvalue weighted by Gasteiger charge is -2.29. The molecule has 1 aliphatic rings. The van der Waals surface area contributed by atoms with Crippen molar-refractivity contribution in [2.24, 2.45) is 11.8 Å². The molecule has 1 fully saturated rings. The largest absolute Gasteiger partial charge is 0.484 e. The smallest absolute Gasteiger partial charge is 0.422 e. The summed E-state index contributed by atoms with van der Waals surface area (Å²) in [5.41, 5.74) is 1.55. The molecule has 5 rings (SSSR count). The summed E-state index contributed by atoms with van der Waals surface area (Å²) in [6, 6.07) is 17.3. The third-order valence-corrected chi connectivity index (χ3v) is 9.48. The van der Waals surface area contributed by atoms with Gasteiger partial charge in [-0.3, -0.25) is 0 Å². The van der Waals surface area contributed by atoms with Gasteiger partial charge in [0.2, 0.25) is 16.0 Å². The SMILES string of the molecule is O=S(=O)(NC[C@H]1CC[C@H](CNc2nc(Nc3ccc(Cl)cc3)c3ccccc3n2)CC1)c1cc(OCC(F)(F)F)ccc1OCC(F)(F)F. The molecule has 17 heteroatoms. The minimum atomic E-state index is -4.77. The molecule has 49 heavy (non-hydrogen) atoms. The Morgan fingerprint density at radius 2 is 1.43 bits per heavy atom. The van der Waals surface area contributed by atoms with Crippen molar-refractivity contribution in [2.45, 2.75) is 42.9 Å². The Hall–Kier alpha value is -4.02. The number of ether oxygens (including phenoxy) is 2. The molecule has 0 atom stereocenters. The summed E-state index contributed by atoms with van der Waals surface area (Å²) in [5.74, 6) is 0.0587. The second kappa shape index (κ2) is 15.3. The van der Waals surface area contributed by atoms with Crippen molar-refractivity contribution in [1.82, 2.24) is 14.7 Å². The topological polar surface area (TPSA) is 114 Å². The number of nitrogens with zero attached hydrogens (tertiary/aromatic N) is 2. The number of nitrogens with one attached hydrogen (secondary N) is 3. The number of alkyl halides is 6. The molecular weight excluding hydrogens is 700 g/mol. The standard InChI is InChI=1S/C32H32ClF6N5O4S/c33-22-9-11-23(12-10-22)42-29-25-3-1-2-4-26(25)43-30(44-29)40-16-20-5-7-21(8-6-20)17-41-49(45,46)28-15-24(47-18-31(34,35)36)13-14-27(28)48-19-32(37,38)39/h1-4,9-15,20-21,41H,5-8,16-19H2,(H2,40,42,43,44)/t20-,21-. The van der Waals surface area contributed by atoms with Gasteiger partial charge in [-0.25, -0.2) is 18.1 Å². The lowest BCUT2D eigenvalue weighted by atomic mass is 9.82. The zero-order valence-electron chi connectivity index (χ0n) is 25.7. The zero-order valence-corrected chi connectivity index (χ0v) is 27.3. The van der Waals surface area contributed by atoms with E-state index < -0.39 is 52.0 Å². The number of benzene rings is 3. The van der Waals surface area contributed by atoms with E-state index in [0.29, 0.717) is 42.2 Å². The molecule has 1 aromatic heterocycles. The number of para-hydroxylation sites is 1. The first-order valence-electron chi connectivity index (χ1n) is 15.2. The van der Waals surface area contributed by atoms with Crippen LogP contribution in [0.4, 0.5) is 43.8 Å². The Balaban J connectivity index is 1.18. The van der Waals surface area contributed by atoms with Crippen LogP contribution in [0, 0.1) is 11.8 Å². The van der Waals surface area contributed by atoms with E-state index in [1.54, 1.807) is 12.1 Å². The molecule has 0 saturated heterocycles. The molecule has 0 spiro atoms. The molecule has 4 aromatic rings. The second-order valence-electron chi connectivity index (χ2n) is 11.6. The average molecular weight is 732 g/mol. The molecule has 0 bridgehead atoms. The molecule has 0 unspecified atom stereocenters. The molecular formula is C32H32ClF6N5O4S. The van der Waals surface area contributed by atoms with Crippen molar-refractivity contribution in [2.75, 3.05) is 36.9 Å². The summed E-state index contributed by atoms with van der Waals surface area (Å²) >= 11 is 6.01. The first-order valence-corrected chi connectivity index (χ1v) is 17.1. The zero-order chi connectivity index (χ0) is 35.2. The van der Waals surface area contributed by atoms with Gasteiger partial charge in [-0.15, -0.1) is 0 Å². The van der Waals surface area contributed by atoms with Gasteiger partial charge >= 0.3 is 12.4 Å². The Kier molecular flexibility index (Phi) is 11.3. The molecule has 3 N–H and O–H groups in total. The first kappa shape index (κ1) is 36.3.